The molecule has 0 bridgehead atoms. The zero-order valence-corrected chi connectivity index (χ0v) is 9.77. The molecule has 2 rings (SSSR count). The van der Waals surface area contributed by atoms with Gasteiger partial charge in [0.1, 0.15) is 0 Å². The van der Waals surface area contributed by atoms with Gasteiger partial charge >= 0.3 is 0 Å². The van der Waals surface area contributed by atoms with E-state index in [0.717, 1.165) is 12.2 Å². The number of Topliss-reactive ketones (excluding diaryl/α,β-unsaturated/α-hetero) is 1. The lowest BCUT2D eigenvalue weighted by Gasteiger charge is -1.96. The van der Waals surface area contributed by atoms with E-state index in [1.807, 2.05) is 12.3 Å². The summed E-state index contributed by atoms with van der Waals surface area (Å²) in [5.74, 6) is 1.33. The van der Waals surface area contributed by atoms with Crippen LogP contribution in [0.1, 0.15) is 37.0 Å². The maximum atomic E-state index is 11.4. The standard InChI is InChI=1S/C12H15N3O/c1-8(2)7-11-13-12-10(9(3)16)5-4-6-15(12)14-11/h4-6,8H,7H2,1-3H3. The summed E-state index contributed by atoms with van der Waals surface area (Å²) in [4.78, 5) is 15.8. The van der Waals surface area contributed by atoms with E-state index in [9.17, 15) is 4.79 Å². The SMILES string of the molecule is CC(=O)c1cccn2nc(CC(C)C)nc12. The van der Waals surface area contributed by atoms with Gasteiger partial charge in [0.25, 0.3) is 0 Å². The Balaban J connectivity index is 2.52. The molecular weight excluding hydrogens is 202 g/mol. The summed E-state index contributed by atoms with van der Waals surface area (Å²) in [6.07, 6.45) is 2.65. The van der Waals surface area contributed by atoms with E-state index in [0.29, 0.717) is 17.1 Å². The Kier molecular flexibility index (Phi) is 2.73. The normalized spacial score (nSPS) is 11.2. The molecule has 0 fully saturated rings. The Morgan fingerprint density at radius 1 is 1.50 bits per heavy atom. The van der Waals surface area contributed by atoms with Gasteiger partial charge in [-0.25, -0.2) is 9.50 Å². The highest BCUT2D eigenvalue weighted by atomic mass is 16.1. The van der Waals surface area contributed by atoms with Crippen LogP contribution in [0.2, 0.25) is 0 Å². The second-order valence-corrected chi connectivity index (χ2v) is 4.37. The second-order valence-electron chi connectivity index (χ2n) is 4.37. The average molecular weight is 217 g/mol. The molecular formula is C12H15N3O. The molecule has 0 aromatic carbocycles. The molecule has 2 aromatic heterocycles. The molecule has 84 valence electrons. The van der Waals surface area contributed by atoms with Crippen molar-refractivity contribution in [3.8, 4) is 0 Å². The number of carbonyl (C=O) groups is 1. The Labute approximate surface area is 94.3 Å². The minimum absolute atomic E-state index is 0.0223. The fraction of sp³-hybridized carbons (Fsp3) is 0.417. The van der Waals surface area contributed by atoms with Crippen molar-refractivity contribution in [1.82, 2.24) is 14.6 Å². The van der Waals surface area contributed by atoms with Crippen LogP contribution in [0.15, 0.2) is 18.3 Å². The van der Waals surface area contributed by atoms with Gasteiger partial charge in [0.05, 0.1) is 5.56 Å². The lowest BCUT2D eigenvalue weighted by molar-refractivity contribution is 0.101. The minimum atomic E-state index is 0.0223. The number of rotatable bonds is 3. The number of hydrogen-bond acceptors (Lipinski definition) is 3. The van der Waals surface area contributed by atoms with Gasteiger partial charge in [-0.2, -0.15) is 5.10 Å². The van der Waals surface area contributed by atoms with Crippen LogP contribution < -0.4 is 0 Å². The highest BCUT2D eigenvalue weighted by Crippen LogP contribution is 2.11. The van der Waals surface area contributed by atoms with Crippen LogP contribution >= 0.6 is 0 Å². The molecule has 4 nitrogen and oxygen atoms in total. The van der Waals surface area contributed by atoms with Crippen molar-refractivity contribution in [2.75, 3.05) is 0 Å². The summed E-state index contributed by atoms with van der Waals surface area (Å²) in [6, 6.07) is 3.60. The number of ketones is 1. The fourth-order valence-corrected chi connectivity index (χ4v) is 1.68. The number of hydrogen-bond donors (Lipinski definition) is 0. The summed E-state index contributed by atoms with van der Waals surface area (Å²) in [7, 11) is 0. The largest absolute Gasteiger partial charge is 0.294 e. The van der Waals surface area contributed by atoms with Gasteiger partial charge in [-0.3, -0.25) is 4.79 Å². The molecule has 0 aliphatic rings. The van der Waals surface area contributed by atoms with Crippen LogP contribution in [0.4, 0.5) is 0 Å². The number of carbonyl (C=O) groups excluding carboxylic acids is 1. The topological polar surface area (TPSA) is 47.3 Å². The van der Waals surface area contributed by atoms with Gasteiger partial charge in [0.2, 0.25) is 0 Å². The molecule has 0 saturated heterocycles. The number of aromatic nitrogens is 3. The number of pyridine rings is 1. The van der Waals surface area contributed by atoms with Gasteiger partial charge < -0.3 is 0 Å². The third-order valence-corrected chi connectivity index (χ3v) is 2.38. The van der Waals surface area contributed by atoms with Crippen LogP contribution in [0.5, 0.6) is 0 Å². The first-order valence-corrected chi connectivity index (χ1v) is 5.43. The Morgan fingerprint density at radius 2 is 2.25 bits per heavy atom. The maximum absolute atomic E-state index is 11.4. The van der Waals surface area contributed by atoms with Crippen molar-refractivity contribution in [2.24, 2.45) is 5.92 Å². The zero-order chi connectivity index (χ0) is 11.7. The van der Waals surface area contributed by atoms with Gasteiger partial charge in [-0.05, 0) is 25.0 Å². The predicted molar refractivity (Wildman–Crippen MR) is 61.5 cm³/mol. The molecule has 16 heavy (non-hydrogen) atoms. The molecule has 4 heteroatoms. The third-order valence-electron chi connectivity index (χ3n) is 2.38. The smallest absolute Gasteiger partial charge is 0.166 e. The second kappa shape index (κ2) is 4.04. The lowest BCUT2D eigenvalue weighted by Crippen LogP contribution is -1.97. The monoisotopic (exact) mass is 217 g/mol. The van der Waals surface area contributed by atoms with Gasteiger partial charge in [0.15, 0.2) is 17.3 Å². The van der Waals surface area contributed by atoms with E-state index in [1.54, 1.807) is 17.5 Å². The molecule has 0 N–H and O–H groups in total. The summed E-state index contributed by atoms with van der Waals surface area (Å²) in [6.45, 7) is 5.79. The van der Waals surface area contributed by atoms with E-state index in [2.05, 4.69) is 23.9 Å². The quantitative estimate of drug-likeness (QED) is 0.740. The molecule has 2 aromatic rings. The molecule has 2 heterocycles. The van der Waals surface area contributed by atoms with Crippen molar-refractivity contribution in [3.05, 3.63) is 29.7 Å². The van der Waals surface area contributed by atoms with E-state index < -0.39 is 0 Å². The van der Waals surface area contributed by atoms with E-state index in [-0.39, 0.29) is 5.78 Å². The van der Waals surface area contributed by atoms with Crippen molar-refractivity contribution < 1.29 is 4.79 Å². The molecule has 0 amide bonds. The van der Waals surface area contributed by atoms with Crippen molar-refractivity contribution >= 4 is 11.4 Å². The van der Waals surface area contributed by atoms with Crippen molar-refractivity contribution in [3.63, 3.8) is 0 Å². The van der Waals surface area contributed by atoms with E-state index in [4.69, 9.17) is 0 Å². The van der Waals surface area contributed by atoms with E-state index >= 15 is 0 Å². The fourth-order valence-electron chi connectivity index (χ4n) is 1.68. The molecule has 0 radical (unpaired) electrons. The Morgan fingerprint density at radius 3 is 2.88 bits per heavy atom. The van der Waals surface area contributed by atoms with Gasteiger partial charge in [-0.15, -0.1) is 0 Å². The van der Waals surface area contributed by atoms with Crippen LogP contribution in [-0.2, 0) is 6.42 Å². The third kappa shape index (κ3) is 1.96. The first-order valence-electron chi connectivity index (χ1n) is 5.43. The number of fused-ring (bicyclic) bond motifs is 1. The molecule has 0 saturated carbocycles. The number of nitrogens with zero attached hydrogens (tertiary/aromatic N) is 3. The Bertz CT molecular complexity index is 528. The van der Waals surface area contributed by atoms with Crippen LogP contribution in [0.25, 0.3) is 5.65 Å². The maximum Gasteiger partial charge on any atom is 0.166 e. The first-order chi connectivity index (χ1) is 7.58. The molecule has 0 aliphatic heterocycles. The van der Waals surface area contributed by atoms with Gasteiger partial charge in [-0.1, -0.05) is 13.8 Å². The van der Waals surface area contributed by atoms with Crippen LogP contribution in [-0.4, -0.2) is 20.4 Å². The molecule has 0 atom stereocenters. The summed E-state index contributed by atoms with van der Waals surface area (Å²) in [5.41, 5.74) is 1.29. The minimum Gasteiger partial charge on any atom is -0.294 e. The highest BCUT2D eigenvalue weighted by molar-refractivity contribution is 5.99. The molecule has 0 aliphatic carbocycles. The van der Waals surface area contributed by atoms with Crippen LogP contribution in [0.3, 0.4) is 0 Å². The predicted octanol–water partition coefficient (Wildman–Crippen LogP) is 2.13. The molecule has 0 unspecified atom stereocenters. The Hall–Kier alpha value is -1.71. The molecule has 0 spiro atoms. The first kappa shape index (κ1) is 10.8. The summed E-state index contributed by atoms with van der Waals surface area (Å²) in [5, 5.41) is 4.35. The van der Waals surface area contributed by atoms with Gasteiger partial charge in [0, 0.05) is 12.6 Å². The van der Waals surface area contributed by atoms with Crippen LogP contribution in [0, 0.1) is 5.92 Å². The summed E-state index contributed by atoms with van der Waals surface area (Å²) >= 11 is 0. The van der Waals surface area contributed by atoms with E-state index in [1.165, 1.54) is 0 Å². The summed E-state index contributed by atoms with van der Waals surface area (Å²) < 4.78 is 1.68. The zero-order valence-electron chi connectivity index (χ0n) is 9.77. The highest BCUT2D eigenvalue weighted by Gasteiger charge is 2.11. The lowest BCUT2D eigenvalue weighted by atomic mass is 10.1. The average Bonchev–Trinajstić information content (AvgIpc) is 2.57. The van der Waals surface area contributed by atoms with Crippen molar-refractivity contribution in [2.45, 2.75) is 27.2 Å². The van der Waals surface area contributed by atoms with Crippen molar-refractivity contribution in [1.29, 1.82) is 0 Å².